The third-order valence-corrected chi connectivity index (χ3v) is 2.57. The minimum atomic E-state index is -1.42. The molecule has 0 N–H and O–H groups in total. The fraction of sp³-hybridized carbons (Fsp3) is 0.250. The average Bonchev–Trinajstić information content (AvgIpc) is 2.59. The summed E-state index contributed by atoms with van der Waals surface area (Å²) >= 11 is 0. The fourth-order valence-corrected chi connectivity index (χ4v) is 1.68. The van der Waals surface area contributed by atoms with Gasteiger partial charge in [0, 0.05) is 12.8 Å². The second-order valence-electron chi connectivity index (χ2n) is 4.06. The van der Waals surface area contributed by atoms with Crippen molar-refractivity contribution in [2.45, 2.75) is 19.8 Å². The Hall–Kier alpha value is -2.31. The molecule has 100 valence electrons. The Morgan fingerprint density at radius 3 is 2.11 bits per heavy atom. The smallest absolute Gasteiger partial charge is 0.325 e. The van der Waals surface area contributed by atoms with Gasteiger partial charge in [0.1, 0.15) is 17.2 Å². The van der Waals surface area contributed by atoms with Crippen LogP contribution < -0.4 is 0 Å². The van der Waals surface area contributed by atoms with Crippen molar-refractivity contribution in [3.63, 3.8) is 0 Å². The van der Waals surface area contributed by atoms with E-state index < -0.39 is 35.0 Å². The van der Waals surface area contributed by atoms with Crippen LogP contribution in [-0.4, -0.2) is 22.8 Å². The topological polar surface area (TPSA) is 63.7 Å². The van der Waals surface area contributed by atoms with Gasteiger partial charge in [0.25, 0.3) is 11.8 Å². The van der Waals surface area contributed by atoms with Gasteiger partial charge < -0.3 is 4.84 Å². The highest BCUT2D eigenvalue weighted by atomic mass is 19.1. The average molecular weight is 269 g/mol. The molecular weight excluding hydrogens is 260 g/mol. The number of hydroxylamine groups is 2. The van der Waals surface area contributed by atoms with E-state index in [1.807, 2.05) is 0 Å². The lowest BCUT2D eigenvalue weighted by Crippen LogP contribution is -2.32. The zero-order chi connectivity index (χ0) is 14.2. The molecule has 2 amide bonds. The van der Waals surface area contributed by atoms with Crippen molar-refractivity contribution in [3.8, 4) is 0 Å². The van der Waals surface area contributed by atoms with Crippen molar-refractivity contribution in [3.05, 3.63) is 34.9 Å². The Labute approximate surface area is 106 Å². The Morgan fingerprint density at radius 2 is 1.63 bits per heavy atom. The van der Waals surface area contributed by atoms with Crippen LogP contribution in [0.25, 0.3) is 0 Å². The third-order valence-electron chi connectivity index (χ3n) is 2.57. The van der Waals surface area contributed by atoms with Crippen LogP contribution in [0.1, 0.15) is 28.8 Å². The number of rotatable bonds is 2. The molecule has 1 saturated heterocycles. The molecule has 7 heteroatoms. The summed E-state index contributed by atoms with van der Waals surface area (Å²) in [6.07, 6.45) is -0.185. The molecule has 1 aromatic rings. The van der Waals surface area contributed by atoms with Crippen LogP contribution in [0.15, 0.2) is 12.1 Å². The molecular formula is C12H9F2NO4. The Balaban J connectivity index is 2.26. The zero-order valence-electron chi connectivity index (χ0n) is 9.91. The van der Waals surface area contributed by atoms with Gasteiger partial charge in [-0.05, 0) is 24.6 Å². The summed E-state index contributed by atoms with van der Waals surface area (Å²) in [5.41, 5.74) is -0.641. The molecule has 19 heavy (non-hydrogen) atoms. The summed E-state index contributed by atoms with van der Waals surface area (Å²) in [5.74, 6) is -5.07. The summed E-state index contributed by atoms with van der Waals surface area (Å²) in [7, 11) is 0. The number of hydrogen-bond acceptors (Lipinski definition) is 4. The monoisotopic (exact) mass is 269 g/mol. The molecule has 1 aromatic carbocycles. The molecule has 1 heterocycles. The van der Waals surface area contributed by atoms with Crippen molar-refractivity contribution in [1.82, 2.24) is 5.06 Å². The first-order chi connectivity index (χ1) is 8.90. The van der Waals surface area contributed by atoms with Crippen molar-refractivity contribution < 1.29 is 28.0 Å². The Morgan fingerprint density at radius 1 is 1.16 bits per heavy atom. The van der Waals surface area contributed by atoms with Crippen LogP contribution in [0.4, 0.5) is 8.78 Å². The summed E-state index contributed by atoms with van der Waals surface area (Å²) in [6, 6.07) is 1.90. The summed E-state index contributed by atoms with van der Waals surface area (Å²) in [6.45, 7) is 1.45. The largest absolute Gasteiger partial charge is 0.369 e. The second kappa shape index (κ2) is 4.75. The van der Waals surface area contributed by atoms with E-state index in [1.165, 1.54) is 6.92 Å². The number of halogens is 2. The lowest BCUT2D eigenvalue weighted by atomic mass is 10.1. The molecule has 1 fully saturated rings. The zero-order valence-corrected chi connectivity index (χ0v) is 9.91. The molecule has 0 saturated carbocycles. The molecule has 0 atom stereocenters. The third kappa shape index (κ3) is 2.44. The first-order valence-corrected chi connectivity index (χ1v) is 5.44. The van der Waals surface area contributed by atoms with Gasteiger partial charge in [0.15, 0.2) is 0 Å². The maximum Gasteiger partial charge on any atom is 0.369 e. The van der Waals surface area contributed by atoms with Gasteiger partial charge in [0.2, 0.25) is 0 Å². The highest BCUT2D eigenvalue weighted by molar-refractivity contribution is 6.02. The van der Waals surface area contributed by atoms with Crippen LogP contribution >= 0.6 is 0 Å². The van der Waals surface area contributed by atoms with Gasteiger partial charge in [0.05, 0.1) is 0 Å². The van der Waals surface area contributed by atoms with E-state index in [-0.39, 0.29) is 17.9 Å². The standard InChI is InChI=1S/C12H9F2NO4/c1-6-4-7(13)11(8(14)5-6)12(18)19-15-9(16)2-3-10(15)17/h4-5H,2-3H2,1H3. The van der Waals surface area contributed by atoms with Crippen LogP contribution in [0, 0.1) is 18.6 Å². The lowest BCUT2D eigenvalue weighted by molar-refractivity contribution is -0.172. The van der Waals surface area contributed by atoms with E-state index >= 15 is 0 Å². The van der Waals surface area contributed by atoms with Gasteiger partial charge in [-0.25, -0.2) is 13.6 Å². The van der Waals surface area contributed by atoms with Crippen molar-refractivity contribution in [1.29, 1.82) is 0 Å². The predicted octanol–water partition coefficient (Wildman–Crippen LogP) is 1.49. The van der Waals surface area contributed by atoms with Crippen molar-refractivity contribution in [2.24, 2.45) is 0 Å². The fourth-order valence-electron chi connectivity index (χ4n) is 1.68. The first-order valence-electron chi connectivity index (χ1n) is 5.44. The molecule has 0 radical (unpaired) electrons. The quantitative estimate of drug-likeness (QED) is 0.763. The SMILES string of the molecule is Cc1cc(F)c(C(=O)ON2C(=O)CCC2=O)c(F)c1. The highest BCUT2D eigenvalue weighted by Gasteiger charge is 2.34. The van der Waals surface area contributed by atoms with Crippen LogP contribution in [0.2, 0.25) is 0 Å². The number of aryl methyl sites for hydroxylation is 1. The van der Waals surface area contributed by atoms with Gasteiger partial charge in [-0.1, -0.05) is 0 Å². The summed E-state index contributed by atoms with van der Waals surface area (Å²) in [4.78, 5) is 38.5. The summed E-state index contributed by atoms with van der Waals surface area (Å²) < 4.78 is 27.0. The maximum absolute atomic E-state index is 13.5. The number of carbonyl (C=O) groups excluding carboxylic acids is 3. The molecule has 0 aromatic heterocycles. The molecule has 5 nitrogen and oxygen atoms in total. The second-order valence-corrected chi connectivity index (χ2v) is 4.06. The first kappa shape index (κ1) is 13.1. The number of imide groups is 1. The molecule has 1 aliphatic heterocycles. The molecule has 0 bridgehead atoms. The van der Waals surface area contributed by atoms with Gasteiger partial charge in [-0.3, -0.25) is 9.59 Å². The number of benzene rings is 1. The van der Waals surface area contributed by atoms with Crippen molar-refractivity contribution in [2.75, 3.05) is 0 Å². The maximum atomic E-state index is 13.5. The minimum Gasteiger partial charge on any atom is -0.325 e. The van der Waals surface area contributed by atoms with Crippen LogP contribution in [-0.2, 0) is 14.4 Å². The van der Waals surface area contributed by atoms with Gasteiger partial charge in [-0.2, -0.15) is 0 Å². The van der Waals surface area contributed by atoms with E-state index in [0.717, 1.165) is 12.1 Å². The lowest BCUT2D eigenvalue weighted by Gasteiger charge is -2.13. The molecule has 1 aliphatic rings. The predicted molar refractivity (Wildman–Crippen MR) is 57.6 cm³/mol. The molecule has 0 spiro atoms. The number of nitrogens with zero attached hydrogens (tertiary/aromatic N) is 1. The highest BCUT2D eigenvalue weighted by Crippen LogP contribution is 2.19. The number of carbonyl (C=O) groups is 3. The van der Waals surface area contributed by atoms with Gasteiger partial charge in [-0.15, -0.1) is 5.06 Å². The van der Waals surface area contributed by atoms with Crippen LogP contribution in [0.5, 0.6) is 0 Å². The van der Waals surface area contributed by atoms with E-state index in [1.54, 1.807) is 0 Å². The van der Waals surface area contributed by atoms with E-state index in [0.29, 0.717) is 5.56 Å². The summed E-state index contributed by atoms with van der Waals surface area (Å²) in [5, 5.41) is 0.237. The molecule has 0 unspecified atom stereocenters. The minimum absolute atomic E-state index is 0.0923. The molecule has 2 rings (SSSR count). The van der Waals surface area contributed by atoms with E-state index in [2.05, 4.69) is 4.84 Å². The van der Waals surface area contributed by atoms with Gasteiger partial charge >= 0.3 is 5.97 Å². The van der Waals surface area contributed by atoms with Crippen molar-refractivity contribution >= 4 is 17.8 Å². The molecule has 0 aliphatic carbocycles. The van der Waals surface area contributed by atoms with E-state index in [9.17, 15) is 23.2 Å². The Bertz CT molecular complexity index is 546. The van der Waals surface area contributed by atoms with Crippen LogP contribution in [0.3, 0.4) is 0 Å². The normalized spacial score (nSPS) is 15.0. The number of amides is 2. The van der Waals surface area contributed by atoms with E-state index in [4.69, 9.17) is 0 Å². The Kier molecular flexibility index (Phi) is 3.28. The number of hydrogen-bond donors (Lipinski definition) is 0.